The van der Waals surface area contributed by atoms with Gasteiger partial charge < -0.3 is 10.5 Å². The van der Waals surface area contributed by atoms with Gasteiger partial charge in [0, 0.05) is 17.3 Å². The number of ether oxygens (including phenoxy) is 1. The van der Waals surface area contributed by atoms with Gasteiger partial charge >= 0.3 is 5.97 Å². The maximum absolute atomic E-state index is 12.5. The van der Waals surface area contributed by atoms with Crippen LogP contribution < -0.4 is 5.73 Å². The number of thiocyanates is 1. The molecule has 0 aliphatic heterocycles. The molecule has 0 bridgehead atoms. The number of carbonyl (C=O) groups excluding carboxylic acids is 1. The molecule has 6 heteroatoms. The van der Waals surface area contributed by atoms with Gasteiger partial charge in [0.05, 0.1) is 4.21 Å². The zero-order chi connectivity index (χ0) is 16.3. The van der Waals surface area contributed by atoms with Crippen molar-refractivity contribution < 1.29 is 9.53 Å². The standard InChI is InChI=1S/C16H16N2O2S2/c1-16(2,3)20-14(19)12-11(10-7-5-4-6-8-10)15(21-9-17)22-13(12)18/h4-8H,18H2,1-3H3. The summed E-state index contributed by atoms with van der Waals surface area (Å²) in [5, 5.41) is 11.4. The summed E-state index contributed by atoms with van der Waals surface area (Å²) in [6, 6.07) is 9.42. The van der Waals surface area contributed by atoms with E-state index in [0.29, 0.717) is 20.3 Å². The molecule has 1 aromatic heterocycles. The van der Waals surface area contributed by atoms with Crippen LogP contribution in [-0.4, -0.2) is 11.6 Å². The molecule has 1 heterocycles. The number of esters is 1. The highest BCUT2D eigenvalue weighted by Gasteiger charge is 2.28. The van der Waals surface area contributed by atoms with E-state index in [1.807, 2.05) is 35.7 Å². The third kappa shape index (κ3) is 3.62. The van der Waals surface area contributed by atoms with E-state index in [0.717, 1.165) is 17.3 Å². The number of benzene rings is 1. The molecule has 0 unspecified atom stereocenters. The quantitative estimate of drug-likeness (QED) is 0.508. The zero-order valence-electron chi connectivity index (χ0n) is 12.5. The fraction of sp³-hybridized carbons (Fsp3) is 0.250. The van der Waals surface area contributed by atoms with E-state index in [1.165, 1.54) is 11.3 Å². The van der Waals surface area contributed by atoms with E-state index in [9.17, 15) is 4.79 Å². The van der Waals surface area contributed by atoms with Crippen molar-refractivity contribution in [3.05, 3.63) is 35.9 Å². The van der Waals surface area contributed by atoms with Crippen LogP contribution in [0, 0.1) is 10.7 Å². The maximum Gasteiger partial charge on any atom is 0.342 e. The van der Waals surface area contributed by atoms with Crippen molar-refractivity contribution in [3.63, 3.8) is 0 Å². The van der Waals surface area contributed by atoms with Crippen LogP contribution in [0.15, 0.2) is 34.5 Å². The number of hydrogen-bond donors (Lipinski definition) is 1. The highest BCUT2D eigenvalue weighted by molar-refractivity contribution is 8.05. The Hall–Kier alpha value is -1.97. The molecular formula is C16H16N2O2S2. The van der Waals surface area contributed by atoms with Crippen molar-refractivity contribution in [2.45, 2.75) is 30.6 Å². The number of nitrogens with two attached hydrogens (primary N) is 1. The molecular weight excluding hydrogens is 316 g/mol. The Kier molecular flexibility index (Phi) is 4.79. The van der Waals surface area contributed by atoms with E-state index < -0.39 is 11.6 Å². The minimum Gasteiger partial charge on any atom is -0.456 e. The molecule has 0 spiro atoms. The Bertz CT molecular complexity index is 725. The van der Waals surface area contributed by atoms with Crippen LogP contribution in [0.25, 0.3) is 11.1 Å². The summed E-state index contributed by atoms with van der Waals surface area (Å²) in [5.74, 6) is -0.468. The Morgan fingerprint density at radius 3 is 2.50 bits per heavy atom. The molecule has 114 valence electrons. The van der Waals surface area contributed by atoms with Crippen molar-refractivity contribution in [2.24, 2.45) is 0 Å². The van der Waals surface area contributed by atoms with Crippen LogP contribution in [0.5, 0.6) is 0 Å². The average molecular weight is 332 g/mol. The summed E-state index contributed by atoms with van der Waals surface area (Å²) in [5.41, 5.74) is 7.26. The maximum atomic E-state index is 12.5. The van der Waals surface area contributed by atoms with E-state index >= 15 is 0 Å². The minimum atomic E-state index is -0.609. The first kappa shape index (κ1) is 16.4. The van der Waals surface area contributed by atoms with E-state index in [2.05, 4.69) is 0 Å². The van der Waals surface area contributed by atoms with E-state index in [-0.39, 0.29) is 0 Å². The molecule has 4 nitrogen and oxygen atoms in total. The first-order valence-corrected chi connectivity index (χ1v) is 8.23. The lowest BCUT2D eigenvalue weighted by Gasteiger charge is -2.20. The van der Waals surface area contributed by atoms with Gasteiger partial charge in [0.15, 0.2) is 0 Å². The largest absolute Gasteiger partial charge is 0.456 e. The summed E-state index contributed by atoms with van der Waals surface area (Å²) in [6.07, 6.45) is 0. The predicted molar refractivity (Wildman–Crippen MR) is 90.8 cm³/mol. The summed E-state index contributed by atoms with van der Waals surface area (Å²) >= 11 is 2.24. The Morgan fingerprint density at radius 2 is 1.95 bits per heavy atom. The van der Waals surface area contributed by atoms with Crippen LogP contribution >= 0.6 is 23.1 Å². The number of hydrogen-bond acceptors (Lipinski definition) is 6. The van der Waals surface area contributed by atoms with Gasteiger partial charge in [0.25, 0.3) is 0 Å². The van der Waals surface area contributed by atoms with Gasteiger partial charge in [-0.2, -0.15) is 5.26 Å². The second-order valence-electron chi connectivity index (χ2n) is 5.57. The summed E-state index contributed by atoms with van der Waals surface area (Å²) < 4.78 is 6.15. The molecule has 0 radical (unpaired) electrons. The lowest BCUT2D eigenvalue weighted by Crippen LogP contribution is -2.24. The number of carbonyl (C=O) groups is 1. The fourth-order valence-corrected chi connectivity index (χ4v) is 3.70. The lowest BCUT2D eigenvalue weighted by atomic mass is 10.0. The molecule has 22 heavy (non-hydrogen) atoms. The van der Waals surface area contributed by atoms with Gasteiger partial charge in [0.2, 0.25) is 0 Å². The van der Waals surface area contributed by atoms with Crippen LogP contribution in [0.4, 0.5) is 5.00 Å². The minimum absolute atomic E-state index is 0.337. The molecule has 0 aliphatic rings. The summed E-state index contributed by atoms with van der Waals surface area (Å²) in [6.45, 7) is 5.42. The molecule has 0 amide bonds. The number of thioether (sulfide) groups is 1. The zero-order valence-corrected chi connectivity index (χ0v) is 14.2. The van der Waals surface area contributed by atoms with E-state index in [1.54, 1.807) is 20.8 Å². The smallest absolute Gasteiger partial charge is 0.342 e. The predicted octanol–water partition coefficient (Wildman–Crippen LogP) is 4.53. The first-order valence-electron chi connectivity index (χ1n) is 6.60. The molecule has 2 rings (SSSR count). The summed E-state index contributed by atoms with van der Waals surface area (Å²) in [4.78, 5) is 12.5. The van der Waals surface area contributed by atoms with Crippen molar-refractivity contribution >= 4 is 34.1 Å². The van der Waals surface area contributed by atoms with Crippen molar-refractivity contribution in [1.82, 2.24) is 0 Å². The van der Waals surface area contributed by atoms with Gasteiger partial charge in [-0.1, -0.05) is 30.3 Å². The van der Waals surface area contributed by atoms with Crippen LogP contribution in [0.3, 0.4) is 0 Å². The normalized spacial score (nSPS) is 11.0. The first-order chi connectivity index (χ1) is 10.3. The average Bonchev–Trinajstić information content (AvgIpc) is 2.75. The molecule has 0 atom stereocenters. The molecule has 2 N–H and O–H groups in total. The monoisotopic (exact) mass is 332 g/mol. The summed E-state index contributed by atoms with van der Waals surface area (Å²) in [7, 11) is 0. The van der Waals surface area contributed by atoms with Crippen molar-refractivity contribution in [2.75, 3.05) is 5.73 Å². The Labute approximate surface area is 137 Å². The number of thiophene rings is 1. The molecule has 0 fully saturated rings. The molecule has 0 saturated carbocycles. The highest BCUT2D eigenvalue weighted by Crippen LogP contribution is 2.44. The topological polar surface area (TPSA) is 76.1 Å². The molecule has 0 aliphatic carbocycles. The number of nitrogen functional groups attached to an aromatic ring is 1. The van der Waals surface area contributed by atoms with Gasteiger partial charge in [-0.25, -0.2) is 4.79 Å². The third-order valence-electron chi connectivity index (χ3n) is 2.71. The van der Waals surface area contributed by atoms with Crippen LogP contribution in [0.2, 0.25) is 0 Å². The highest BCUT2D eigenvalue weighted by atomic mass is 32.2. The second-order valence-corrected chi connectivity index (χ2v) is 7.67. The van der Waals surface area contributed by atoms with Crippen LogP contribution in [-0.2, 0) is 4.74 Å². The fourth-order valence-electron chi connectivity index (χ4n) is 1.94. The lowest BCUT2D eigenvalue weighted by molar-refractivity contribution is 0.00721. The molecule has 0 saturated heterocycles. The SMILES string of the molecule is CC(C)(C)OC(=O)c1c(N)sc(SC#N)c1-c1ccccc1. The Morgan fingerprint density at radius 1 is 1.32 bits per heavy atom. The number of rotatable bonds is 3. The third-order valence-corrected chi connectivity index (χ3v) is 4.50. The van der Waals surface area contributed by atoms with Crippen LogP contribution in [0.1, 0.15) is 31.1 Å². The number of nitriles is 1. The van der Waals surface area contributed by atoms with E-state index in [4.69, 9.17) is 15.7 Å². The van der Waals surface area contributed by atoms with Gasteiger partial charge in [-0.3, -0.25) is 0 Å². The number of nitrogens with zero attached hydrogens (tertiary/aromatic N) is 1. The van der Waals surface area contributed by atoms with Crippen molar-refractivity contribution in [3.8, 4) is 16.5 Å². The molecule has 2 aromatic rings. The second kappa shape index (κ2) is 6.42. The Balaban J connectivity index is 2.59. The van der Waals surface area contributed by atoms with Gasteiger partial charge in [0.1, 0.15) is 21.6 Å². The molecule has 1 aromatic carbocycles. The van der Waals surface area contributed by atoms with Crippen molar-refractivity contribution in [1.29, 1.82) is 5.26 Å². The van der Waals surface area contributed by atoms with Gasteiger partial charge in [-0.15, -0.1) is 11.3 Å². The number of anilines is 1. The van der Waals surface area contributed by atoms with Gasteiger partial charge in [-0.05, 0) is 26.3 Å².